The van der Waals surface area contributed by atoms with E-state index >= 15 is 0 Å². The van der Waals surface area contributed by atoms with Crippen molar-refractivity contribution >= 4 is 31.4 Å². The van der Waals surface area contributed by atoms with Crippen LogP contribution >= 0.6 is 0 Å². The maximum absolute atomic E-state index is 14.0. The molecule has 17 heteroatoms. The summed E-state index contributed by atoms with van der Waals surface area (Å²) in [6.45, 7) is 0. The van der Waals surface area contributed by atoms with Gasteiger partial charge in [0.15, 0.2) is 0 Å². The minimum atomic E-state index is -7.11. The Morgan fingerprint density at radius 2 is 1.50 bits per heavy atom. The van der Waals surface area contributed by atoms with E-state index in [0.29, 0.717) is 0 Å². The fourth-order valence-electron chi connectivity index (χ4n) is 3.35. The van der Waals surface area contributed by atoms with Crippen LogP contribution in [0.4, 0.5) is 26.3 Å². The number of hydrogen-bond acceptors (Lipinski definition) is 7. The van der Waals surface area contributed by atoms with E-state index in [4.69, 9.17) is 0 Å². The molecule has 2 aliphatic carbocycles. The lowest BCUT2D eigenvalue weighted by molar-refractivity contribution is -0.246. The van der Waals surface area contributed by atoms with E-state index in [-0.39, 0.29) is 22.9 Å². The van der Waals surface area contributed by atoms with Crippen molar-refractivity contribution in [3.8, 4) is 0 Å². The van der Waals surface area contributed by atoms with Gasteiger partial charge >= 0.3 is 26.5 Å². The molecule has 1 fully saturated rings. The Morgan fingerprint density at radius 3 is 1.97 bits per heavy atom. The van der Waals surface area contributed by atoms with Gasteiger partial charge in [0.1, 0.15) is 5.76 Å². The Kier molecular flexibility index (Phi) is 7.81. The SMILES string of the molecule is O=S([O-])NS(=O)(=O)C(F)(F)C(F)(F)C(F)(F)S(=O)(=O)OC1=CC=C(C2CCCCC2)CC1. The van der Waals surface area contributed by atoms with Gasteiger partial charge in [0.2, 0.25) is 0 Å². The van der Waals surface area contributed by atoms with Crippen LogP contribution in [0.5, 0.6) is 0 Å². The van der Waals surface area contributed by atoms with Crippen LogP contribution in [-0.4, -0.2) is 42.0 Å². The quantitative estimate of drug-likeness (QED) is 0.273. The molecule has 186 valence electrons. The molecule has 2 rings (SSSR count). The maximum atomic E-state index is 14.0. The third-order valence-electron chi connectivity index (χ3n) is 5.05. The lowest BCUT2D eigenvalue weighted by Crippen LogP contribution is -2.63. The summed E-state index contributed by atoms with van der Waals surface area (Å²) in [5, 5.41) is -13.6. The van der Waals surface area contributed by atoms with Gasteiger partial charge in [-0.15, -0.1) is 4.13 Å². The average molecular weight is 534 g/mol. The highest BCUT2D eigenvalue weighted by atomic mass is 32.3. The summed E-state index contributed by atoms with van der Waals surface area (Å²) < 4.78 is 153. The van der Waals surface area contributed by atoms with Crippen molar-refractivity contribution in [3.05, 3.63) is 23.5 Å². The standard InChI is InChI=1S/C15H19F6NO7S3/c16-13(17,14(18,19)31(25,26)22-30(23)24)15(20,21)32(27,28)29-12-8-6-11(7-9-12)10-4-2-1-3-5-10/h6,8,10,22H,1-5,7,9H2,(H,23,24)/p-1. The number of sulfonamides is 1. The lowest BCUT2D eigenvalue weighted by Gasteiger charge is -2.32. The van der Waals surface area contributed by atoms with Gasteiger partial charge in [-0.3, -0.25) is 4.21 Å². The van der Waals surface area contributed by atoms with Gasteiger partial charge in [-0.2, -0.15) is 34.8 Å². The third kappa shape index (κ3) is 5.00. The molecule has 0 radical (unpaired) electrons. The molecule has 2 aliphatic rings. The van der Waals surface area contributed by atoms with E-state index in [0.717, 1.165) is 43.8 Å². The Hall–Kier alpha value is -1.17. The molecule has 1 atom stereocenters. The van der Waals surface area contributed by atoms with Crippen LogP contribution < -0.4 is 4.13 Å². The largest absolute Gasteiger partial charge is 0.759 e. The second-order valence-electron chi connectivity index (χ2n) is 7.18. The molecule has 0 aromatic rings. The molecule has 0 aromatic carbocycles. The van der Waals surface area contributed by atoms with Crippen molar-refractivity contribution in [3.63, 3.8) is 0 Å². The first kappa shape index (κ1) is 27.1. The van der Waals surface area contributed by atoms with Crippen molar-refractivity contribution in [1.82, 2.24) is 4.13 Å². The number of alkyl halides is 6. The zero-order valence-electron chi connectivity index (χ0n) is 16.0. The molecule has 1 saturated carbocycles. The molecular formula is C15H18F6NO7S3-. The number of hydrogen-bond donors (Lipinski definition) is 1. The van der Waals surface area contributed by atoms with Crippen LogP contribution in [0.15, 0.2) is 23.5 Å². The number of nitrogens with one attached hydrogen (secondary N) is 1. The van der Waals surface area contributed by atoms with Crippen LogP contribution in [-0.2, 0) is 35.6 Å². The monoisotopic (exact) mass is 534 g/mol. The molecular weight excluding hydrogens is 516 g/mol. The average Bonchev–Trinajstić information content (AvgIpc) is 2.67. The third-order valence-corrected chi connectivity index (χ3v) is 8.72. The Bertz CT molecular complexity index is 1020. The van der Waals surface area contributed by atoms with E-state index < -0.39 is 53.6 Å². The van der Waals surface area contributed by atoms with Crippen molar-refractivity contribution in [1.29, 1.82) is 0 Å². The maximum Gasteiger partial charge on any atom is 0.450 e. The molecule has 0 aromatic heterocycles. The predicted molar refractivity (Wildman–Crippen MR) is 97.8 cm³/mol. The highest BCUT2D eigenvalue weighted by Crippen LogP contribution is 2.51. The molecule has 8 nitrogen and oxygen atoms in total. The summed E-state index contributed by atoms with van der Waals surface area (Å²) in [4.78, 5) is 0. The van der Waals surface area contributed by atoms with Gasteiger partial charge in [-0.1, -0.05) is 30.9 Å². The number of allylic oxidation sites excluding steroid dienone is 4. The fraction of sp³-hybridized carbons (Fsp3) is 0.733. The Labute approximate surface area is 182 Å². The molecule has 0 spiro atoms. The summed E-state index contributed by atoms with van der Waals surface area (Å²) in [6.07, 6.45) is 6.91. The normalized spacial score (nSPS) is 21.0. The molecule has 32 heavy (non-hydrogen) atoms. The van der Waals surface area contributed by atoms with Gasteiger partial charge in [0.25, 0.3) is 10.0 Å². The minimum Gasteiger partial charge on any atom is -0.759 e. The molecule has 0 saturated heterocycles. The molecule has 0 aliphatic heterocycles. The lowest BCUT2D eigenvalue weighted by atomic mass is 9.81. The molecule has 1 unspecified atom stereocenters. The van der Waals surface area contributed by atoms with E-state index in [1.165, 1.54) is 6.08 Å². The minimum absolute atomic E-state index is 0.0229. The molecule has 0 amide bonds. The highest BCUT2D eigenvalue weighted by molar-refractivity contribution is 8.00. The second kappa shape index (κ2) is 9.23. The molecule has 0 heterocycles. The number of rotatable bonds is 9. The van der Waals surface area contributed by atoms with E-state index in [2.05, 4.69) is 4.18 Å². The van der Waals surface area contributed by atoms with Crippen molar-refractivity contribution < 1.29 is 56.1 Å². The van der Waals surface area contributed by atoms with Crippen LogP contribution in [0, 0.1) is 5.92 Å². The summed E-state index contributed by atoms with van der Waals surface area (Å²) >= 11 is -4.12. The van der Waals surface area contributed by atoms with E-state index in [1.807, 2.05) is 0 Å². The van der Waals surface area contributed by atoms with Crippen LogP contribution in [0.3, 0.4) is 0 Å². The zero-order valence-corrected chi connectivity index (χ0v) is 18.5. The first-order chi connectivity index (χ1) is 14.5. The van der Waals surface area contributed by atoms with Crippen molar-refractivity contribution in [2.75, 3.05) is 0 Å². The fourth-order valence-corrected chi connectivity index (χ4v) is 5.98. The Balaban J connectivity index is 2.29. The smallest absolute Gasteiger partial charge is 0.450 e. The Morgan fingerprint density at radius 1 is 0.938 bits per heavy atom. The van der Waals surface area contributed by atoms with Crippen molar-refractivity contribution in [2.24, 2.45) is 5.92 Å². The topological polar surface area (TPSA) is 130 Å². The first-order valence-electron chi connectivity index (χ1n) is 9.04. The second-order valence-corrected chi connectivity index (χ2v) is 11.4. The van der Waals surface area contributed by atoms with Gasteiger partial charge < -0.3 is 8.74 Å². The zero-order chi connectivity index (χ0) is 24.6. The van der Waals surface area contributed by atoms with E-state index in [1.54, 1.807) is 0 Å². The summed E-state index contributed by atoms with van der Waals surface area (Å²) in [6, 6.07) is 0. The van der Waals surface area contributed by atoms with Gasteiger partial charge in [-0.05, 0) is 31.3 Å². The van der Waals surface area contributed by atoms with Crippen molar-refractivity contribution in [2.45, 2.75) is 61.4 Å². The van der Waals surface area contributed by atoms with E-state index in [9.17, 15) is 51.9 Å². The van der Waals surface area contributed by atoms with Crippen LogP contribution in [0.1, 0.15) is 44.9 Å². The summed E-state index contributed by atoms with van der Waals surface area (Å²) in [5.74, 6) is -7.65. The van der Waals surface area contributed by atoms with Gasteiger partial charge in [0.05, 0.1) is 0 Å². The first-order valence-corrected chi connectivity index (χ1v) is 13.0. The predicted octanol–water partition coefficient (Wildman–Crippen LogP) is 3.05. The van der Waals surface area contributed by atoms with Crippen LogP contribution in [0.2, 0.25) is 0 Å². The highest BCUT2D eigenvalue weighted by Gasteiger charge is 2.83. The van der Waals surface area contributed by atoms with Gasteiger partial charge in [0, 0.05) is 17.7 Å². The molecule has 1 N–H and O–H groups in total. The van der Waals surface area contributed by atoms with Gasteiger partial charge in [-0.25, -0.2) is 8.42 Å². The number of halogens is 6. The summed E-state index contributed by atoms with van der Waals surface area (Å²) in [7, 11) is -13.8. The molecule has 0 bridgehead atoms. The van der Waals surface area contributed by atoms with Crippen LogP contribution in [0.25, 0.3) is 0 Å². The summed E-state index contributed by atoms with van der Waals surface area (Å²) in [5.41, 5.74) is 0.876.